The van der Waals surface area contributed by atoms with Crippen molar-refractivity contribution < 1.29 is 13.9 Å². The second kappa shape index (κ2) is 12.4. The van der Waals surface area contributed by atoms with Gasteiger partial charge in [-0.3, -0.25) is 4.90 Å². The molecule has 46 heavy (non-hydrogen) atoms. The fraction of sp³-hybridized carbons (Fsp3) is 0.629. The normalized spacial score (nSPS) is 25.4. The van der Waals surface area contributed by atoms with E-state index in [0.717, 1.165) is 88.7 Å². The van der Waals surface area contributed by atoms with Gasteiger partial charge in [0.1, 0.15) is 24.2 Å². The Morgan fingerprint density at radius 3 is 2.61 bits per heavy atom. The lowest BCUT2D eigenvalue weighted by Crippen LogP contribution is -2.65. The van der Waals surface area contributed by atoms with Crippen LogP contribution in [-0.2, 0) is 4.74 Å². The van der Waals surface area contributed by atoms with Gasteiger partial charge in [0.15, 0.2) is 5.82 Å². The number of hydrogen-bond acceptors (Lipinski definition) is 10. The van der Waals surface area contributed by atoms with Crippen LogP contribution in [0, 0.1) is 23.1 Å². The molecule has 2 aliphatic carbocycles. The summed E-state index contributed by atoms with van der Waals surface area (Å²) in [6.45, 7) is 10.6. The highest BCUT2D eigenvalue weighted by Crippen LogP contribution is 2.48. The SMILES string of the molecule is CC(C)[C@H](C1CC(NC2CCOCC2)C1)N1CC2(CCN(c3ncnnc3Oc3ccc(F)cc3-c3cncnc3C3CC3)C2)C1. The van der Waals surface area contributed by atoms with Crippen LogP contribution in [0.4, 0.5) is 10.2 Å². The molecule has 0 unspecified atom stereocenters. The van der Waals surface area contributed by atoms with E-state index >= 15 is 0 Å². The predicted molar refractivity (Wildman–Crippen MR) is 172 cm³/mol. The van der Waals surface area contributed by atoms with Gasteiger partial charge < -0.3 is 19.7 Å². The number of hydrogen-bond donors (Lipinski definition) is 1. The number of nitrogens with zero attached hydrogens (tertiary/aromatic N) is 7. The molecule has 1 atom stereocenters. The van der Waals surface area contributed by atoms with Crippen molar-refractivity contribution in [2.75, 3.05) is 44.3 Å². The number of aromatic nitrogens is 5. The topological polar surface area (TPSA) is 101 Å². The summed E-state index contributed by atoms with van der Waals surface area (Å²) in [6, 6.07) is 6.47. The highest BCUT2D eigenvalue weighted by molar-refractivity contribution is 5.73. The summed E-state index contributed by atoms with van der Waals surface area (Å²) in [5.74, 6) is 2.96. The molecule has 0 bridgehead atoms. The third-order valence-electron chi connectivity index (χ3n) is 11.0. The maximum Gasteiger partial charge on any atom is 0.282 e. The van der Waals surface area contributed by atoms with E-state index in [1.165, 1.54) is 31.3 Å². The molecule has 5 fully saturated rings. The van der Waals surface area contributed by atoms with Gasteiger partial charge in [0, 0.05) is 86.2 Å². The van der Waals surface area contributed by atoms with E-state index in [4.69, 9.17) is 9.47 Å². The van der Waals surface area contributed by atoms with Crippen LogP contribution in [0.25, 0.3) is 11.1 Å². The number of halogens is 1. The van der Waals surface area contributed by atoms with E-state index in [1.54, 1.807) is 18.6 Å². The lowest BCUT2D eigenvalue weighted by molar-refractivity contribution is -0.0704. The zero-order chi connectivity index (χ0) is 31.3. The molecule has 11 heteroatoms. The molecular weight excluding hydrogens is 583 g/mol. The van der Waals surface area contributed by atoms with Crippen molar-refractivity contribution in [2.45, 2.75) is 82.8 Å². The van der Waals surface area contributed by atoms with Gasteiger partial charge in [0.2, 0.25) is 0 Å². The number of benzene rings is 1. The van der Waals surface area contributed by atoms with Crippen molar-refractivity contribution >= 4 is 5.82 Å². The van der Waals surface area contributed by atoms with Gasteiger partial charge in [-0.15, -0.1) is 10.2 Å². The number of rotatable bonds is 10. The van der Waals surface area contributed by atoms with E-state index in [9.17, 15) is 4.39 Å². The van der Waals surface area contributed by atoms with Crippen molar-refractivity contribution in [3.63, 3.8) is 0 Å². The van der Waals surface area contributed by atoms with Crippen molar-refractivity contribution in [1.82, 2.24) is 35.4 Å². The fourth-order valence-electron chi connectivity index (χ4n) is 8.61. The van der Waals surface area contributed by atoms with Crippen molar-refractivity contribution in [3.05, 3.63) is 48.6 Å². The minimum Gasteiger partial charge on any atom is -0.434 e. The standard InChI is InChI=1S/C35H45FN8O2/c1-22(2)32(24-13-27(14-24)41-26-7-11-45-12-8-26)44-18-35(19-44)9-10-43(17-35)33-34(42-40-21-39-33)46-30-6-5-25(36)15-28(30)29-16-37-20-38-31(29)23-3-4-23/h5-6,15-16,20-24,26-27,32,41H,3-4,7-14,17-19H2,1-2H3/t24?,27?,32-/m1/s1. The summed E-state index contributed by atoms with van der Waals surface area (Å²) >= 11 is 0. The maximum absolute atomic E-state index is 14.5. The largest absolute Gasteiger partial charge is 0.434 e. The van der Waals surface area contributed by atoms with Crippen LogP contribution in [0.1, 0.15) is 70.4 Å². The average Bonchev–Trinajstić information content (AvgIpc) is 3.79. The predicted octanol–water partition coefficient (Wildman–Crippen LogP) is 5.22. The molecule has 2 saturated carbocycles. The van der Waals surface area contributed by atoms with E-state index in [1.807, 2.05) is 0 Å². The van der Waals surface area contributed by atoms with Gasteiger partial charge in [0.05, 0.1) is 5.69 Å². The van der Waals surface area contributed by atoms with Gasteiger partial charge in [0.25, 0.3) is 5.88 Å². The first-order valence-electron chi connectivity index (χ1n) is 17.2. The van der Waals surface area contributed by atoms with E-state index in [0.29, 0.717) is 53.0 Å². The summed E-state index contributed by atoms with van der Waals surface area (Å²) in [5, 5.41) is 12.3. The summed E-state index contributed by atoms with van der Waals surface area (Å²) in [4.78, 5) is 18.5. The Bertz CT molecular complexity index is 1530. The quantitative estimate of drug-likeness (QED) is 0.322. The molecule has 5 heterocycles. The third kappa shape index (κ3) is 5.97. The first-order valence-corrected chi connectivity index (χ1v) is 17.2. The number of likely N-dealkylation sites (tertiary alicyclic amines) is 1. The van der Waals surface area contributed by atoms with Gasteiger partial charge in [-0.25, -0.2) is 19.3 Å². The van der Waals surface area contributed by atoms with E-state index in [2.05, 4.69) is 54.1 Å². The van der Waals surface area contributed by atoms with Crippen molar-refractivity contribution in [1.29, 1.82) is 0 Å². The van der Waals surface area contributed by atoms with Crippen LogP contribution in [0.3, 0.4) is 0 Å². The molecular formula is C35H45FN8O2. The maximum atomic E-state index is 14.5. The van der Waals surface area contributed by atoms with Gasteiger partial charge in [-0.1, -0.05) is 13.8 Å². The average molecular weight is 629 g/mol. The number of ether oxygens (including phenoxy) is 2. The Kier molecular flexibility index (Phi) is 8.10. The third-order valence-corrected chi connectivity index (χ3v) is 11.0. The highest BCUT2D eigenvalue weighted by atomic mass is 19.1. The minimum atomic E-state index is -0.339. The van der Waals surface area contributed by atoms with E-state index < -0.39 is 0 Å². The summed E-state index contributed by atoms with van der Waals surface area (Å²) < 4.78 is 26.5. The Hall–Kier alpha value is -3.28. The van der Waals surface area contributed by atoms with Crippen LogP contribution >= 0.6 is 0 Å². The molecule has 1 N–H and O–H groups in total. The molecule has 8 rings (SSSR count). The molecule has 5 aliphatic rings. The second-order valence-corrected chi connectivity index (χ2v) is 14.7. The highest BCUT2D eigenvalue weighted by Gasteiger charge is 2.53. The number of anilines is 1. The Labute approximate surface area is 270 Å². The molecule has 2 aromatic heterocycles. The minimum absolute atomic E-state index is 0.250. The summed E-state index contributed by atoms with van der Waals surface area (Å²) in [6.07, 6.45) is 12.9. The first kappa shape index (κ1) is 30.1. The van der Waals surface area contributed by atoms with Crippen LogP contribution in [0.15, 0.2) is 37.1 Å². The molecule has 3 aliphatic heterocycles. The Morgan fingerprint density at radius 2 is 1.83 bits per heavy atom. The van der Waals surface area contributed by atoms with Gasteiger partial charge in [-0.2, -0.15) is 0 Å². The number of nitrogens with one attached hydrogen (secondary N) is 1. The molecule has 0 radical (unpaired) electrons. The summed E-state index contributed by atoms with van der Waals surface area (Å²) in [5.41, 5.74) is 2.60. The zero-order valence-corrected chi connectivity index (χ0v) is 26.9. The molecule has 3 aromatic rings. The lowest BCUT2D eigenvalue weighted by atomic mass is 9.68. The first-order chi connectivity index (χ1) is 22.4. The smallest absolute Gasteiger partial charge is 0.282 e. The van der Waals surface area contributed by atoms with Crippen LogP contribution in [0.2, 0.25) is 0 Å². The summed E-state index contributed by atoms with van der Waals surface area (Å²) in [7, 11) is 0. The van der Waals surface area contributed by atoms with E-state index in [-0.39, 0.29) is 11.2 Å². The fourth-order valence-corrected chi connectivity index (χ4v) is 8.61. The zero-order valence-electron chi connectivity index (χ0n) is 26.9. The Morgan fingerprint density at radius 1 is 1.00 bits per heavy atom. The van der Waals surface area contributed by atoms with Gasteiger partial charge >= 0.3 is 0 Å². The Balaban J connectivity index is 0.935. The molecule has 3 saturated heterocycles. The van der Waals surface area contributed by atoms with Crippen molar-refractivity contribution in [3.8, 4) is 22.8 Å². The molecule has 1 aromatic carbocycles. The lowest BCUT2D eigenvalue weighted by Gasteiger charge is -2.57. The van der Waals surface area contributed by atoms with Crippen LogP contribution in [0.5, 0.6) is 11.6 Å². The van der Waals surface area contributed by atoms with Gasteiger partial charge in [-0.05, 0) is 75.0 Å². The molecule has 1 spiro atoms. The molecule has 244 valence electrons. The van der Waals surface area contributed by atoms with Crippen LogP contribution < -0.4 is 15.0 Å². The second-order valence-electron chi connectivity index (χ2n) is 14.7. The monoisotopic (exact) mass is 628 g/mol. The molecule has 10 nitrogen and oxygen atoms in total. The molecule has 0 amide bonds. The van der Waals surface area contributed by atoms with Crippen LogP contribution in [-0.4, -0.2) is 87.6 Å². The van der Waals surface area contributed by atoms with Crippen molar-refractivity contribution in [2.24, 2.45) is 17.3 Å².